The third-order valence-electron chi connectivity index (χ3n) is 4.45. The summed E-state index contributed by atoms with van der Waals surface area (Å²) in [5.74, 6) is -1.88. The fourth-order valence-corrected chi connectivity index (χ4v) is 3.68. The van der Waals surface area contributed by atoms with Crippen LogP contribution in [-0.2, 0) is 6.54 Å². The average Bonchev–Trinajstić information content (AvgIpc) is 2.65. The number of benzene rings is 3. The van der Waals surface area contributed by atoms with Crippen LogP contribution in [0, 0.1) is 0 Å². The Kier molecular flexibility index (Phi) is 6.25. The molecule has 0 aliphatic rings. The number of fused-ring (bicyclic) bond motifs is 1. The predicted octanol–water partition coefficient (Wildman–Crippen LogP) is 7.62. The second-order valence-corrected chi connectivity index (χ2v) is 7.43. The number of rotatable bonds is 4. The standard InChI is InChI=1S/C21H15Cl3F3N/c22-18-9-14(10-19(23)20(18)24)17(21(25,26)27)8-7-12-5-6-13(11-28)16-4-2-1-3-15(12)16/h1-10,17H,11,28H2. The summed E-state index contributed by atoms with van der Waals surface area (Å²) in [6.07, 6.45) is -1.97. The van der Waals surface area contributed by atoms with E-state index in [0.717, 1.165) is 22.4 Å². The van der Waals surface area contributed by atoms with Gasteiger partial charge in [-0.15, -0.1) is 0 Å². The van der Waals surface area contributed by atoms with Crippen LogP contribution in [0.25, 0.3) is 16.8 Å². The lowest BCUT2D eigenvalue weighted by molar-refractivity contribution is -0.139. The zero-order valence-corrected chi connectivity index (χ0v) is 16.7. The van der Waals surface area contributed by atoms with E-state index in [-0.39, 0.29) is 20.6 Å². The predicted molar refractivity (Wildman–Crippen MR) is 111 cm³/mol. The Balaban J connectivity index is 2.08. The highest BCUT2D eigenvalue weighted by atomic mass is 35.5. The fourth-order valence-electron chi connectivity index (χ4n) is 3.07. The van der Waals surface area contributed by atoms with Crippen LogP contribution in [0.2, 0.25) is 15.1 Å². The van der Waals surface area contributed by atoms with Crippen LogP contribution < -0.4 is 5.73 Å². The van der Waals surface area contributed by atoms with Gasteiger partial charge in [-0.05, 0) is 39.6 Å². The topological polar surface area (TPSA) is 26.0 Å². The Morgan fingerprint density at radius 2 is 1.54 bits per heavy atom. The molecule has 1 unspecified atom stereocenters. The van der Waals surface area contributed by atoms with Gasteiger partial charge in [-0.25, -0.2) is 0 Å². The van der Waals surface area contributed by atoms with Gasteiger partial charge in [-0.2, -0.15) is 13.2 Å². The van der Waals surface area contributed by atoms with Crippen LogP contribution in [0.15, 0.2) is 54.6 Å². The van der Waals surface area contributed by atoms with Crippen molar-refractivity contribution in [3.63, 3.8) is 0 Å². The molecule has 0 aliphatic heterocycles. The van der Waals surface area contributed by atoms with Crippen LogP contribution in [0.1, 0.15) is 22.6 Å². The van der Waals surface area contributed by atoms with E-state index >= 15 is 0 Å². The van der Waals surface area contributed by atoms with Gasteiger partial charge in [-0.1, -0.05) is 83.4 Å². The Bertz CT molecular complexity index is 1020. The Morgan fingerprint density at radius 3 is 2.11 bits per heavy atom. The van der Waals surface area contributed by atoms with Crippen molar-refractivity contribution in [3.8, 4) is 0 Å². The number of halogens is 6. The second kappa shape index (κ2) is 8.34. The van der Waals surface area contributed by atoms with E-state index in [1.54, 1.807) is 6.07 Å². The molecule has 0 saturated heterocycles. The Labute approximate surface area is 175 Å². The van der Waals surface area contributed by atoms with Gasteiger partial charge in [0.05, 0.1) is 21.0 Å². The largest absolute Gasteiger partial charge is 0.399 e. The monoisotopic (exact) mass is 443 g/mol. The number of hydrogen-bond donors (Lipinski definition) is 1. The molecule has 28 heavy (non-hydrogen) atoms. The molecule has 0 aromatic heterocycles. The lowest BCUT2D eigenvalue weighted by Gasteiger charge is -2.18. The van der Waals surface area contributed by atoms with Gasteiger partial charge in [-0.3, -0.25) is 0 Å². The summed E-state index contributed by atoms with van der Waals surface area (Å²) < 4.78 is 41.2. The highest BCUT2D eigenvalue weighted by molar-refractivity contribution is 6.48. The van der Waals surface area contributed by atoms with Crippen molar-refractivity contribution >= 4 is 51.7 Å². The van der Waals surface area contributed by atoms with Crippen molar-refractivity contribution in [2.75, 3.05) is 0 Å². The average molecular weight is 445 g/mol. The summed E-state index contributed by atoms with van der Waals surface area (Å²) >= 11 is 17.7. The molecule has 0 radical (unpaired) electrons. The van der Waals surface area contributed by atoms with E-state index in [1.165, 1.54) is 18.2 Å². The highest BCUT2D eigenvalue weighted by Gasteiger charge is 2.39. The first-order valence-electron chi connectivity index (χ1n) is 8.32. The lowest BCUT2D eigenvalue weighted by atomic mass is 9.95. The molecule has 0 aliphatic carbocycles. The van der Waals surface area contributed by atoms with E-state index in [0.29, 0.717) is 12.1 Å². The summed E-state index contributed by atoms with van der Waals surface area (Å²) in [4.78, 5) is 0. The van der Waals surface area contributed by atoms with Crippen molar-refractivity contribution in [2.45, 2.75) is 18.6 Å². The van der Waals surface area contributed by atoms with Gasteiger partial charge in [0.1, 0.15) is 0 Å². The number of alkyl halides is 3. The Morgan fingerprint density at radius 1 is 0.929 bits per heavy atom. The SMILES string of the molecule is NCc1ccc(C=CC(c2cc(Cl)c(Cl)c(Cl)c2)C(F)(F)F)c2ccccc12. The van der Waals surface area contributed by atoms with Crippen molar-refractivity contribution in [1.29, 1.82) is 0 Å². The quantitative estimate of drug-likeness (QED) is 0.412. The van der Waals surface area contributed by atoms with Crippen molar-refractivity contribution in [2.24, 2.45) is 5.73 Å². The number of hydrogen-bond acceptors (Lipinski definition) is 1. The Hall–Kier alpha value is -1.72. The summed E-state index contributed by atoms with van der Waals surface area (Å²) in [5.41, 5.74) is 7.27. The summed E-state index contributed by atoms with van der Waals surface area (Å²) in [5, 5.41) is 1.72. The maximum Gasteiger partial charge on any atom is 0.399 e. The minimum atomic E-state index is -4.52. The van der Waals surface area contributed by atoms with E-state index < -0.39 is 12.1 Å². The molecular formula is C21H15Cl3F3N. The maximum absolute atomic E-state index is 13.7. The number of allylic oxidation sites excluding steroid dienone is 1. The van der Waals surface area contributed by atoms with Gasteiger partial charge in [0.2, 0.25) is 0 Å². The first-order valence-corrected chi connectivity index (χ1v) is 9.46. The highest BCUT2D eigenvalue weighted by Crippen LogP contribution is 2.41. The van der Waals surface area contributed by atoms with Crippen LogP contribution in [0.3, 0.4) is 0 Å². The molecule has 146 valence electrons. The second-order valence-electron chi connectivity index (χ2n) is 6.24. The maximum atomic E-state index is 13.7. The minimum Gasteiger partial charge on any atom is -0.326 e. The molecule has 1 atom stereocenters. The van der Waals surface area contributed by atoms with Gasteiger partial charge in [0.15, 0.2) is 0 Å². The molecule has 0 spiro atoms. The van der Waals surface area contributed by atoms with Gasteiger partial charge in [0.25, 0.3) is 0 Å². The van der Waals surface area contributed by atoms with Crippen LogP contribution in [0.4, 0.5) is 13.2 Å². The van der Waals surface area contributed by atoms with E-state index in [4.69, 9.17) is 40.5 Å². The van der Waals surface area contributed by atoms with Crippen LogP contribution in [-0.4, -0.2) is 6.18 Å². The fraction of sp³-hybridized carbons (Fsp3) is 0.143. The smallest absolute Gasteiger partial charge is 0.326 e. The third kappa shape index (κ3) is 4.31. The van der Waals surface area contributed by atoms with Gasteiger partial charge < -0.3 is 5.73 Å². The van der Waals surface area contributed by atoms with Crippen molar-refractivity contribution in [3.05, 3.63) is 86.4 Å². The molecule has 2 N–H and O–H groups in total. The normalized spacial score (nSPS) is 13.4. The summed E-state index contributed by atoms with van der Waals surface area (Å²) in [7, 11) is 0. The van der Waals surface area contributed by atoms with Gasteiger partial charge >= 0.3 is 6.18 Å². The van der Waals surface area contributed by atoms with Crippen LogP contribution >= 0.6 is 34.8 Å². The molecule has 3 rings (SSSR count). The molecule has 0 heterocycles. The summed E-state index contributed by atoms with van der Waals surface area (Å²) in [6, 6.07) is 13.4. The molecule has 3 aromatic carbocycles. The first-order chi connectivity index (χ1) is 13.2. The third-order valence-corrected chi connectivity index (χ3v) is 5.65. The van der Waals surface area contributed by atoms with Crippen molar-refractivity contribution < 1.29 is 13.2 Å². The van der Waals surface area contributed by atoms with Gasteiger partial charge in [0, 0.05) is 6.54 Å². The first kappa shape index (κ1) is 21.0. The lowest BCUT2D eigenvalue weighted by Crippen LogP contribution is -2.19. The molecule has 0 bridgehead atoms. The summed E-state index contributed by atoms with van der Waals surface area (Å²) in [6.45, 7) is 0.345. The molecule has 1 nitrogen and oxygen atoms in total. The van der Waals surface area contributed by atoms with Crippen molar-refractivity contribution in [1.82, 2.24) is 0 Å². The van der Waals surface area contributed by atoms with E-state index in [2.05, 4.69) is 0 Å². The molecule has 0 amide bonds. The van der Waals surface area contributed by atoms with E-state index in [1.807, 2.05) is 30.3 Å². The molecule has 7 heteroatoms. The van der Waals surface area contributed by atoms with E-state index in [9.17, 15) is 13.2 Å². The zero-order chi connectivity index (χ0) is 20.5. The van der Waals surface area contributed by atoms with Crippen LogP contribution in [0.5, 0.6) is 0 Å². The molecule has 0 saturated carbocycles. The zero-order valence-electron chi connectivity index (χ0n) is 14.4. The minimum absolute atomic E-state index is 0.0236. The number of nitrogens with two attached hydrogens (primary N) is 1. The molecule has 0 fully saturated rings. The molecule has 3 aromatic rings. The molecular weight excluding hydrogens is 430 g/mol.